The highest BCUT2D eigenvalue weighted by atomic mass is 15.1. The summed E-state index contributed by atoms with van der Waals surface area (Å²) < 4.78 is 14.3. The van der Waals surface area contributed by atoms with Crippen LogP contribution in [0.3, 0.4) is 0 Å². The molecule has 0 aliphatic carbocycles. The lowest BCUT2D eigenvalue weighted by Gasteiger charge is -2.12. The van der Waals surface area contributed by atoms with Crippen LogP contribution >= 0.6 is 0 Å². The molecule has 0 aliphatic heterocycles. The smallest absolute Gasteiger partial charge is 0.164 e. The third kappa shape index (κ3) is 15.5. The quantitative estimate of drug-likeness (QED) is 0.100. The summed E-state index contributed by atoms with van der Waals surface area (Å²) in [6.45, 7) is 0. The van der Waals surface area contributed by atoms with E-state index in [1.807, 2.05) is 97.1 Å². The van der Waals surface area contributed by atoms with Crippen LogP contribution in [0.4, 0.5) is 0 Å². The predicted octanol–water partition coefficient (Wildman–Crippen LogP) is 34.4. The highest BCUT2D eigenvalue weighted by molar-refractivity contribution is 6.23. The highest BCUT2D eigenvalue weighted by Crippen LogP contribution is 2.47. The number of para-hydroxylation sites is 9. The summed E-state index contributed by atoms with van der Waals surface area (Å²) in [5.74, 6) is 3.33. The largest absolute Gasteiger partial charge is 0.309 e. The first-order valence-electron chi connectivity index (χ1n) is 50.6. The first-order chi connectivity index (χ1) is 74.4. The van der Waals surface area contributed by atoms with E-state index in [9.17, 15) is 0 Å². The fourth-order valence-electron chi connectivity index (χ4n) is 22.2. The minimum Gasteiger partial charge on any atom is -0.309 e. The topological polar surface area (TPSA) is 120 Å². The molecule has 13 heteroatoms. The predicted molar refractivity (Wildman–Crippen MR) is 619 cm³/mol. The lowest BCUT2D eigenvalue weighted by atomic mass is 10.1. The van der Waals surface area contributed by atoms with Crippen molar-refractivity contribution in [2.45, 2.75) is 0 Å². The molecule has 0 saturated heterocycles. The molecule has 702 valence electrons. The van der Waals surface area contributed by atoms with Crippen LogP contribution in [-0.4, -0.2) is 62.3 Å². The zero-order valence-electron chi connectivity index (χ0n) is 81.2. The van der Waals surface area contributed by atoms with Gasteiger partial charge in [-0.1, -0.05) is 382 Å². The van der Waals surface area contributed by atoms with E-state index in [1.54, 1.807) is 0 Å². The van der Waals surface area contributed by atoms with Crippen molar-refractivity contribution in [1.29, 1.82) is 0 Å². The van der Waals surface area contributed by atoms with Crippen LogP contribution in [0.25, 0.3) is 267 Å². The molecule has 0 amide bonds. The number of rotatable bonds is 15. The van der Waals surface area contributed by atoms with Crippen LogP contribution in [0, 0.1) is 0 Å². The third-order valence-corrected chi connectivity index (χ3v) is 29.0. The van der Waals surface area contributed by atoms with Gasteiger partial charge in [0, 0.05) is 149 Å². The van der Waals surface area contributed by atoms with Crippen LogP contribution in [-0.2, 0) is 0 Å². The summed E-state index contributed by atoms with van der Waals surface area (Å²) in [5.41, 5.74) is 33.3. The lowest BCUT2D eigenvalue weighted by molar-refractivity contribution is 1.07. The molecule has 9 aromatic heterocycles. The molecule has 0 bridgehead atoms. The average Bonchev–Trinajstić information content (AvgIpc) is 1.56. The summed E-state index contributed by atoms with van der Waals surface area (Å²) in [7, 11) is 0. The second-order valence-corrected chi connectivity index (χ2v) is 37.9. The van der Waals surface area contributed by atoms with Gasteiger partial charge >= 0.3 is 0 Å². The lowest BCUT2D eigenvalue weighted by Crippen LogP contribution is -2.01. The molecular formula is C137H89N13. The molecule has 0 aliphatic rings. The van der Waals surface area contributed by atoms with Gasteiger partial charge in [0.15, 0.2) is 29.1 Å². The Morgan fingerprint density at radius 3 is 0.520 bits per heavy atom. The zero-order chi connectivity index (χ0) is 99.1. The Labute approximate surface area is 863 Å². The molecule has 21 aromatic carbocycles. The Bertz CT molecular complexity index is 9320. The van der Waals surface area contributed by atoms with Gasteiger partial charge < -0.3 is 27.4 Å². The molecular weight excluding hydrogens is 1830 g/mol. The SMILES string of the molecule is c1ccc(-c2cc(-c3cccc(-n4c5ccccc5c5cc6c(cc54)c4ccccc4n6-c4ccccc4)c3)nc(-c3ccccc3)n2)cc1.c1ccc(-c2cc(-c3ccccc3)nc(-c3cccc(-n4c5ccccc5c5cc6c(cc54)c4ccccc4n6-c4ccccc4)c3)n2)cc1.c1ccc(-c2nc(-c3ccccc3)nc(-c3cccc(-n4c5ccccc5c5cc6c(cc54)c4ccccc4n6-c4ccccc4)c3)n2)cc1. The standard InChI is InChI=1S/2C46H30N4.C45H29N5/c1-4-15-31(16-5-1)40-30-41(48-46(47-40)32-17-6-2-7-18-32)33-19-14-22-35(27-33)50-43-26-13-11-24-37(43)39-28-44-38(29-45(39)50)36-23-10-12-25-42(36)49(44)34-20-8-3-9-21-34;1-4-15-31(16-5-1)40-30-41(32-17-6-2-7-18-32)48-46(47-40)33-19-14-22-35(27-33)50-43-26-13-11-24-37(43)39-28-44-38(29-45(39)50)36-23-10-12-25-42(36)49(44)34-20-8-3-9-21-34;1-4-15-30(16-5-1)43-46-44(31-17-6-2-7-18-31)48-45(47-43)32-19-14-22-34(27-32)50-40-26-13-11-24-36(40)38-28-41-37(29-42(38)50)35-23-10-12-25-39(35)49(41)33-20-8-3-9-21-33/h2*1-30H;1-29H. The first-order valence-corrected chi connectivity index (χ1v) is 50.6. The molecule has 0 atom stereocenters. The van der Waals surface area contributed by atoms with Gasteiger partial charge in [0.05, 0.1) is 89.0 Å². The maximum Gasteiger partial charge on any atom is 0.164 e. The maximum atomic E-state index is 5.13. The Morgan fingerprint density at radius 2 is 0.267 bits per heavy atom. The molecule has 0 spiro atoms. The van der Waals surface area contributed by atoms with Gasteiger partial charge in [-0.25, -0.2) is 34.9 Å². The van der Waals surface area contributed by atoms with E-state index < -0.39 is 0 Å². The summed E-state index contributed by atoms with van der Waals surface area (Å²) in [4.78, 5) is 35.3. The van der Waals surface area contributed by atoms with Crippen LogP contribution in [0.15, 0.2) is 540 Å². The van der Waals surface area contributed by atoms with E-state index in [0.29, 0.717) is 29.1 Å². The van der Waals surface area contributed by atoms with Crippen LogP contribution < -0.4 is 0 Å². The third-order valence-electron chi connectivity index (χ3n) is 29.0. The van der Waals surface area contributed by atoms with Crippen molar-refractivity contribution in [1.82, 2.24) is 62.3 Å². The van der Waals surface area contributed by atoms with Gasteiger partial charge in [0.25, 0.3) is 0 Å². The molecule has 0 unspecified atom stereocenters. The number of aromatic nitrogens is 13. The van der Waals surface area contributed by atoms with Crippen LogP contribution in [0.1, 0.15) is 0 Å². The molecule has 0 radical (unpaired) electrons. The van der Waals surface area contributed by atoms with Crippen molar-refractivity contribution in [3.05, 3.63) is 540 Å². The Kier molecular flexibility index (Phi) is 21.6. The molecule has 13 nitrogen and oxygen atoms in total. The van der Waals surface area contributed by atoms with Crippen LogP contribution in [0.2, 0.25) is 0 Å². The van der Waals surface area contributed by atoms with Crippen molar-refractivity contribution in [2.75, 3.05) is 0 Å². The summed E-state index contributed by atoms with van der Waals surface area (Å²) >= 11 is 0. The van der Waals surface area contributed by atoms with Crippen molar-refractivity contribution < 1.29 is 0 Å². The van der Waals surface area contributed by atoms with E-state index in [1.165, 1.54) is 109 Å². The number of fused-ring (bicyclic) bond motifs is 18. The van der Waals surface area contributed by atoms with E-state index in [0.717, 1.165) is 129 Å². The fraction of sp³-hybridized carbons (Fsp3) is 0. The molecule has 30 aromatic rings. The van der Waals surface area contributed by atoms with E-state index in [2.05, 4.69) is 470 Å². The minimum atomic E-state index is 0.633. The van der Waals surface area contributed by atoms with Gasteiger partial charge in [-0.15, -0.1) is 0 Å². The Balaban J connectivity index is 0.000000108. The highest BCUT2D eigenvalue weighted by Gasteiger charge is 2.26. The van der Waals surface area contributed by atoms with Crippen molar-refractivity contribution in [3.63, 3.8) is 0 Å². The fourth-order valence-corrected chi connectivity index (χ4v) is 22.2. The van der Waals surface area contributed by atoms with Gasteiger partial charge in [0.2, 0.25) is 0 Å². The van der Waals surface area contributed by atoms with Crippen molar-refractivity contribution in [2.24, 2.45) is 0 Å². The number of nitrogens with zero attached hydrogens (tertiary/aromatic N) is 13. The normalized spacial score (nSPS) is 11.6. The van der Waals surface area contributed by atoms with E-state index in [4.69, 9.17) is 34.9 Å². The molecule has 30 rings (SSSR count). The summed E-state index contributed by atoms with van der Waals surface area (Å²) in [5, 5.41) is 14.7. The maximum absolute atomic E-state index is 5.13. The van der Waals surface area contributed by atoms with Gasteiger partial charge in [-0.2, -0.15) is 0 Å². The monoisotopic (exact) mass is 1920 g/mol. The van der Waals surface area contributed by atoms with Gasteiger partial charge in [-0.3, -0.25) is 0 Å². The first kappa shape index (κ1) is 87.4. The number of benzene rings is 21. The number of hydrogen-bond acceptors (Lipinski definition) is 7. The molecule has 150 heavy (non-hydrogen) atoms. The number of hydrogen-bond donors (Lipinski definition) is 0. The van der Waals surface area contributed by atoms with Gasteiger partial charge in [-0.05, 0) is 158 Å². The second kappa shape index (κ2) is 37.1. The van der Waals surface area contributed by atoms with Gasteiger partial charge in [0.1, 0.15) is 0 Å². The Hall–Kier alpha value is -20.4. The van der Waals surface area contributed by atoms with E-state index in [-0.39, 0.29) is 0 Å². The second-order valence-electron chi connectivity index (χ2n) is 37.9. The molecule has 0 N–H and O–H groups in total. The molecule has 9 heterocycles. The van der Waals surface area contributed by atoms with E-state index >= 15 is 0 Å². The van der Waals surface area contributed by atoms with Crippen molar-refractivity contribution >= 4 is 131 Å². The summed E-state index contributed by atoms with van der Waals surface area (Å²) in [6.07, 6.45) is 0. The van der Waals surface area contributed by atoms with Crippen molar-refractivity contribution in [3.8, 4) is 136 Å². The zero-order valence-corrected chi connectivity index (χ0v) is 81.2. The molecule has 0 fully saturated rings. The summed E-state index contributed by atoms with van der Waals surface area (Å²) in [6, 6.07) is 190. The Morgan fingerprint density at radius 1 is 0.100 bits per heavy atom. The van der Waals surface area contributed by atoms with Crippen LogP contribution in [0.5, 0.6) is 0 Å². The average molecular weight is 1920 g/mol. The minimum absolute atomic E-state index is 0.633. The molecule has 0 saturated carbocycles.